The van der Waals surface area contributed by atoms with E-state index in [0.717, 1.165) is 34.8 Å². The molecule has 0 saturated heterocycles. The van der Waals surface area contributed by atoms with Crippen molar-refractivity contribution >= 4 is 11.2 Å². The second-order valence-corrected chi connectivity index (χ2v) is 4.21. The van der Waals surface area contributed by atoms with Crippen molar-refractivity contribution in [2.24, 2.45) is 7.05 Å². The van der Waals surface area contributed by atoms with Gasteiger partial charge in [0.05, 0.1) is 6.20 Å². The molecule has 0 bridgehead atoms. The van der Waals surface area contributed by atoms with E-state index in [2.05, 4.69) is 34.0 Å². The summed E-state index contributed by atoms with van der Waals surface area (Å²) in [4.78, 5) is 13.4. The zero-order valence-electron chi connectivity index (χ0n) is 10.5. The summed E-state index contributed by atoms with van der Waals surface area (Å²) >= 11 is 0. The van der Waals surface area contributed by atoms with Gasteiger partial charge in [0.25, 0.3) is 0 Å². The molecule has 0 fully saturated rings. The molecule has 0 aliphatic rings. The van der Waals surface area contributed by atoms with Crippen molar-refractivity contribution in [3.8, 4) is 11.4 Å². The summed E-state index contributed by atoms with van der Waals surface area (Å²) in [6.45, 7) is 2.05. The second kappa shape index (κ2) is 4.22. The van der Waals surface area contributed by atoms with E-state index in [1.54, 1.807) is 6.20 Å². The van der Waals surface area contributed by atoms with Crippen molar-refractivity contribution in [3.63, 3.8) is 0 Å². The Morgan fingerprint density at radius 2 is 1.89 bits per heavy atom. The smallest absolute Gasteiger partial charge is 0.163 e. The van der Waals surface area contributed by atoms with Gasteiger partial charge in [0.1, 0.15) is 17.2 Å². The van der Waals surface area contributed by atoms with Crippen molar-refractivity contribution in [1.29, 1.82) is 0 Å². The van der Waals surface area contributed by atoms with Crippen LogP contribution in [0.1, 0.15) is 12.7 Å². The fraction of sp³-hybridized carbons (Fsp3) is 0.214. The Balaban J connectivity index is 2.23. The molecule has 0 aliphatic heterocycles. The summed E-state index contributed by atoms with van der Waals surface area (Å²) in [6.07, 6.45) is 2.63. The number of hydrogen-bond acceptors (Lipinski definition) is 3. The van der Waals surface area contributed by atoms with Crippen molar-refractivity contribution < 1.29 is 0 Å². The van der Waals surface area contributed by atoms with Gasteiger partial charge in [0, 0.05) is 19.0 Å². The number of aromatic nitrogens is 4. The normalized spacial score (nSPS) is 11.0. The van der Waals surface area contributed by atoms with Gasteiger partial charge in [-0.2, -0.15) is 0 Å². The van der Waals surface area contributed by atoms with E-state index < -0.39 is 0 Å². The summed E-state index contributed by atoms with van der Waals surface area (Å²) in [5.74, 6) is 1.78. The molecule has 0 unspecified atom stereocenters. The lowest BCUT2D eigenvalue weighted by Crippen LogP contribution is -1.97. The van der Waals surface area contributed by atoms with Crippen molar-refractivity contribution in [1.82, 2.24) is 19.5 Å². The molecule has 2 heterocycles. The van der Waals surface area contributed by atoms with E-state index in [1.165, 1.54) is 0 Å². The third-order valence-corrected chi connectivity index (χ3v) is 3.01. The monoisotopic (exact) mass is 238 g/mol. The molecule has 0 radical (unpaired) electrons. The van der Waals surface area contributed by atoms with Crippen LogP contribution in [0.3, 0.4) is 0 Å². The molecule has 90 valence electrons. The molecule has 3 rings (SSSR count). The number of hydrogen-bond donors (Lipinski definition) is 0. The average Bonchev–Trinajstić information content (AvgIpc) is 2.77. The van der Waals surface area contributed by atoms with Crippen LogP contribution in [0, 0.1) is 0 Å². The fourth-order valence-electron chi connectivity index (χ4n) is 2.03. The van der Waals surface area contributed by atoms with Crippen LogP contribution in [0.5, 0.6) is 0 Å². The second-order valence-electron chi connectivity index (χ2n) is 4.21. The van der Waals surface area contributed by atoms with Gasteiger partial charge in [-0.05, 0) is 0 Å². The molecule has 0 atom stereocenters. The molecule has 4 nitrogen and oxygen atoms in total. The quantitative estimate of drug-likeness (QED) is 0.689. The predicted molar refractivity (Wildman–Crippen MR) is 71.1 cm³/mol. The lowest BCUT2D eigenvalue weighted by Gasteiger charge is -2.01. The fourth-order valence-corrected chi connectivity index (χ4v) is 2.03. The number of fused-ring (bicyclic) bond motifs is 1. The first-order valence-corrected chi connectivity index (χ1v) is 6.03. The Labute approximate surface area is 105 Å². The lowest BCUT2D eigenvalue weighted by molar-refractivity contribution is 0.904. The zero-order valence-corrected chi connectivity index (χ0v) is 10.5. The summed E-state index contributed by atoms with van der Waals surface area (Å²) in [5.41, 5.74) is 2.82. The van der Waals surface area contributed by atoms with Gasteiger partial charge in [0.2, 0.25) is 0 Å². The van der Waals surface area contributed by atoms with Gasteiger partial charge < -0.3 is 4.57 Å². The maximum atomic E-state index is 4.60. The van der Waals surface area contributed by atoms with Crippen molar-refractivity contribution in [2.45, 2.75) is 13.3 Å². The lowest BCUT2D eigenvalue weighted by atomic mass is 10.2. The Morgan fingerprint density at radius 1 is 1.11 bits per heavy atom. The highest BCUT2D eigenvalue weighted by Gasteiger charge is 2.11. The van der Waals surface area contributed by atoms with Crippen LogP contribution < -0.4 is 0 Å². The number of aryl methyl sites for hydroxylation is 2. The van der Waals surface area contributed by atoms with Gasteiger partial charge >= 0.3 is 0 Å². The minimum Gasteiger partial charge on any atom is -0.312 e. The summed E-state index contributed by atoms with van der Waals surface area (Å²) < 4.78 is 2.02. The molecule has 4 heteroatoms. The van der Waals surface area contributed by atoms with Gasteiger partial charge in [-0.1, -0.05) is 37.3 Å². The SMILES string of the molecule is CCc1ncc2nc(-c3ccccc3)n(C)c2n1. The van der Waals surface area contributed by atoms with Crippen LogP contribution in [0.2, 0.25) is 0 Å². The maximum Gasteiger partial charge on any atom is 0.163 e. The molecule has 3 aromatic rings. The van der Waals surface area contributed by atoms with E-state index in [-0.39, 0.29) is 0 Å². The highest BCUT2D eigenvalue weighted by atomic mass is 15.1. The van der Waals surface area contributed by atoms with Crippen LogP contribution in [-0.4, -0.2) is 19.5 Å². The van der Waals surface area contributed by atoms with Crippen LogP contribution >= 0.6 is 0 Å². The number of rotatable bonds is 2. The Kier molecular flexibility index (Phi) is 2.55. The predicted octanol–water partition coefficient (Wildman–Crippen LogP) is 2.59. The van der Waals surface area contributed by atoms with Gasteiger partial charge in [-0.25, -0.2) is 15.0 Å². The molecular weight excluding hydrogens is 224 g/mol. The van der Waals surface area contributed by atoms with Gasteiger partial charge in [-0.15, -0.1) is 0 Å². The largest absolute Gasteiger partial charge is 0.312 e. The Morgan fingerprint density at radius 3 is 2.61 bits per heavy atom. The van der Waals surface area contributed by atoms with Crippen LogP contribution in [0.25, 0.3) is 22.6 Å². The molecule has 1 aromatic carbocycles. The van der Waals surface area contributed by atoms with Crippen molar-refractivity contribution in [2.75, 3.05) is 0 Å². The molecule has 0 amide bonds. The first kappa shape index (κ1) is 10.9. The number of nitrogens with zero attached hydrogens (tertiary/aromatic N) is 4. The molecule has 18 heavy (non-hydrogen) atoms. The third-order valence-electron chi connectivity index (χ3n) is 3.01. The molecule has 0 spiro atoms. The van der Waals surface area contributed by atoms with E-state index >= 15 is 0 Å². The molecule has 2 aromatic heterocycles. The minimum absolute atomic E-state index is 0.835. The van der Waals surface area contributed by atoms with E-state index in [1.807, 2.05) is 29.8 Å². The minimum atomic E-state index is 0.835. The first-order chi connectivity index (χ1) is 8.79. The number of benzene rings is 1. The van der Waals surface area contributed by atoms with Gasteiger partial charge in [-0.3, -0.25) is 0 Å². The summed E-state index contributed by atoms with van der Waals surface area (Å²) in [5, 5.41) is 0. The average molecular weight is 238 g/mol. The Hall–Kier alpha value is -2.23. The Bertz CT molecular complexity index is 686. The van der Waals surface area contributed by atoms with Crippen molar-refractivity contribution in [3.05, 3.63) is 42.4 Å². The third kappa shape index (κ3) is 1.66. The van der Waals surface area contributed by atoms with Gasteiger partial charge in [0.15, 0.2) is 5.65 Å². The van der Waals surface area contributed by atoms with Crippen LogP contribution in [-0.2, 0) is 13.5 Å². The van der Waals surface area contributed by atoms with Crippen LogP contribution in [0.15, 0.2) is 36.5 Å². The zero-order chi connectivity index (χ0) is 12.5. The van der Waals surface area contributed by atoms with Crippen LogP contribution in [0.4, 0.5) is 0 Å². The van der Waals surface area contributed by atoms with E-state index in [0.29, 0.717) is 0 Å². The summed E-state index contributed by atoms with van der Waals surface area (Å²) in [6, 6.07) is 10.1. The standard InChI is InChI=1S/C14H14N4/c1-3-12-15-9-11-14(17-12)18(2)13(16-11)10-7-5-4-6-8-10/h4-9H,3H2,1-2H3. The molecule has 0 N–H and O–H groups in total. The topological polar surface area (TPSA) is 43.6 Å². The van der Waals surface area contributed by atoms with E-state index in [9.17, 15) is 0 Å². The molecule has 0 saturated carbocycles. The molecule has 0 aliphatic carbocycles. The summed E-state index contributed by atoms with van der Waals surface area (Å²) in [7, 11) is 1.99. The first-order valence-electron chi connectivity index (χ1n) is 6.03. The number of imidazole rings is 1. The highest BCUT2D eigenvalue weighted by molar-refractivity contribution is 5.76. The maximum absolute atomic E-state index is 4.60. The van der Waals surface area contributed by atoms with E-state index in [4.69, 9.17) is 0 Å². The highest BCUT2D eigenvalue weighted by Crippen LogP contribution is 2.21. The molecular formula is C14H14N4.